The van der Waals surface area contributed by atoms with E-state index < -0.39 is 12.0 Å². The van der Waals surface area contributed by atoms with Gasteiger partial charge in [-0.1, -0.05) is 72.8 Å². The Labute approximate surface area is 171 Å². The molecule has 0 bridgehead atoms. The average molecular weight is 398 g/mol. The van der Waals surface area contributed by atoms with Crippen LogP contribution >= 0.6 is 12.4 Å². The van der Waals surface area contributed by atoms with Gasteiger partial charge in [0.05, 0.1) is 0 Å². The van der Waals surface area contributed by atoms with Gasteiger partial charge in [-0.3, -0.25) is 4.79 Å². The summed E-state index contributed by atoms with van der Waals surface area (Å²) in [4.78, 5) is 12.1. The number of hydrogen-bond acceptors (Lipinski definition) is 4. The molecule has 0 amide bonds. The molecule has 3 aromatic carbocycles. The quantitative estimate of drug-likeness (QED) is 0.575. The van der Waals surface area contributed by atoms with Gasteiger partial charge in [0.25, 0.3) is 0 Å². The van der Waals surface area contributed by atoms with Crippen LogP contribution in [0.4, 0.5) is 0 Å². The number of carbonyl (C=O) groups is 1. The predicted molar refractivity (Wildman–Crippen MR) is 112 cm³/mol. The van der Waals surface area contributed by atoms with Gasteiger partial charge < -0.3 is 15.2 Å². The van der Waals surface area contributed by atoms with E-state index >= 15 is 0 Å². The Balaban J connectivity index is 0.00000280. The summed E-state index contributed by atoms with van der Waals surface area (Å²) in [5.74, 6) is 0.381. The molecule has 0 saturated carbocycles. The van der Waals surface area contributed by atoms with Crippen LogP contribution in [0.1, 0.15) is 16.7 Å². The second-order valence-corrected chi connectivity index (χ2v) is 6.32. The largest absolute Gasteiger partial charge is 0.489 e. The van der Waals surface area contributed by atoms with E-state index in [2.05, 4.69) is 0 Å². The van der Waals surface area contributed by atoms with Crippen LogP contribution in [0.25, 0.3) is 0 Å². The minimum Gasteiger partial charge on any atom is -0.489 e. The molecule has 0 aliphatic rings. The summed E-state index contributed by atoms with van der Waals surface area (Å²) in [6.07, 6.45) is 0.423. The molecule has 28 heavy (non-hydrogen) atoms. The number of hydrogen-bond donors (Lipinski definition) is 1. The van der Waals surface area contributed by atoms with Gasteiger partial charge in [-0.2, -0.15) is 0 Å². The first-order valence-corrected chi connectivity index (χ1v) is 8.92. The predicted octanol–water partition coefficient (Wildman–Crippen LogP) is 4.30. The lowest BCUT2D eigenvalue weighted by atomic mass is 10.1. The van der Waals surface area contributed by atoms with E-state index in [9.17, 15) is 4.79 Å². The van der Waals surface area contributed by atoms with E-state index in [0.29, 0.717) is 13.0 Å². The maximum atomic E-state index is 12.1. The number of carbonyl (C=O) groups excluding carboxylic acids is 1. The number of esters is 1. The van der Waals surface area contributed by atoms with E-state index in [0.717, 1.165) is 22.4 Å². The maximum Gasteiger partial charge on any atom is 0.323 e. The maximum absolute atomic E-state index is 12.1. The SMILES string of the molecule is Cl.NC(Cc1ccc(OCc2ccccc2)cc1)C(=O)OCc1ccccc1. The highest BCUT2D eigenvalue weighted by Crippen LogP contribution is 2.15. The summed E-state index contributed by atoms with van der Waals surface area (Å²) >= 11 is 0. The summed E-state index contributed by atoms with van der Waals surface area (Å²) in [5.41, 5.74) is 9.00. The van der Waals surface area contributed by atoms with E-state index in [4.69, 9.17) is 15.2 Å². The van der Waals surface area contributed by atoms with Crippen LogP contribution < -0.4 is 10.5 Å². The zero-order valence-corrected chi connectivity index (χ0v) is 16.3. The van der Waals surface area contributed by atoms with Crippen LogP contribution in [0, 0.1) is 0 Å². The van der Waals surface area contributed by atoms with Crippen molar-refractivity contribution < 1.29 is 14.3 Å². The molecule has 0 fully saturated rings. The fourth-order valence-corrected chi connectivity index (χ4v) is 2.64. The molecule has 0 spiro atoms. The summed E-state index contributed by atoms with van der Waals surface area (Å²) in [7, 11) is 0. The van der Waals surface area contributed by atoms with Crippen LogP contribution in [0.15, 0.2) is 84.9 Å². The summed E-state index contributed by atoms with van der Waals surface area (Å²) < 4.78 is 11.0. The number of rotatable bonds is 8. The summed E-state index contributed by atoms with van der Waals surface area (Å²) in [6.45, 7) is 0.755. The number of ether oxygens (including phenoxy) is 2. The smallest absolute Gasteiger partial charge is 0.323 e. The van der Waals surface area contributed by atoms with Crippen LogP contribution in [-0.2, 0) is 29.2 Å². The van der Waals surface area contributed by atoms with E-state index in [-0.39, 0.29) is 19.0 Å². The van der Waals surface area contributed by atoms with Crippen LogP contribution in [0.5, 0.6) is 5.75 Å². The zero-order valence-electron chi connectivity index (χ0n) is 15.5. The molecule has 0 aliphatic carbocycles. The van der Waals surface area contributed by atoms with Gasteiger partial charge >= 0.3 is 5.97 Å². The number of nitrogens with two attached hydrogens (primary N) is 1. The third-order valence-electron chi connectivity index (χ3n) is 4.15. The molecule has 0 aliphatic heterocycles. The molecule has 0 aromatic heterocycles. The van der Waals surface area contributed by atoms with Gasteiger partial charge in [0.15, 0.2) is 0 Å². The standard InChI is InChI=1S/C23H23NO3.ClH/c24-22(23(25)27-17-20-9-5-2-6-10-20)15-18-11-13-21(14-12-18)26-16-19-7-3-1-4-8-19;/h1-14,22H,15-17,24H2;1H. The van der Waals surface area contributed by atoms with Crippen molar-refractivity contribution in [2.75, 3.05) is 0 Å². The molecule has 2 N–H and O–H groups in total. The lowest BCUT2D eigenvalue weighted by Crippen LogP contribution is -2.34. The Morgan fingerprint density at radius 2 is 1.29 bits per heavy atom. The van der Waals surface area contributed by atoms with Crippen molar-refractivity contribution in [3.8, 4) is 5.75 Å². The highest BCUT2D eigenvalue weighted by molar-refractivity contribution is 5.85. The van der Waals surface area contributed by atoms with Crippen LogP contribution in [-0.4, -0.2) is 12.0 Å². The Hall–Kier alpha value is -2.82. The first kappa shape index (κ1) is 21.5. The molecule has 0 heterocycles. The second kappa shape index (κ2) is 11.1. The molecule has 4 nitrogen and oxygen atoms in total. The van der Waals surface area contributed by atoms with E-state index in [1.54, 1.807) is 0 Å². The number of halogens is 1. The van der Waals surface area contributed by atoms with Crippen molar-refractivity contribution in [1.29, 1.82) is 0 Å². The van der Waals surface area contributed by atoms with Crippen molar-refractivity contribution in [2.45, 2.75) is 25.7 Å². The van der Waals surface area contributed by atoms with Crippen molar-refractivity contribution >= 4 is 18.4 Å². The summed E-state index contributed by atoms with van der Waals surface area (Å²) in [5, 5.41) is 0. The lowest BCUT2D eigenvalue weighted by Gasteiger charge is -2.12. The van der Waals surface area contributed by atoms with Gasteiger partial charge in [-0.05, 0) is 35.2 Å². The normalized spacial score (nSPS) is 11.2. The third kappa shape index (κ3) is 6.72. The lowest BCUT2D eigenvalue weighted by molar-refractivity contribution is -0.146. The number of benzene rings is 3. The first-order chi connectivity index (χ1) is 13.2. The Bertz CT molecular complexity index is 839. The van der Waals surface area contributed by atoms with E-state index in [1.165, 1.54) is 0 Å². The van der Waals surface area contributed by atoms with Gasteiger partial charge in [-0.15, -0.1) is 12.4 Å². The van der Waals surface area contributed by atoms with Crippen molar-refractivity contribution in [1.82, 2.24) is 0 Å². The van der Waals surface area contributed by atoms with Crippen molar-refractivity contribution in [3.63, 3.8) is 0 Å². The summed E-state index contributed by atoms with van der Waals surface area (Å²) in [6, 6.07) is 26.5. The van der Waals surface area contributed by atoms with E-state index in [1.807, 2.05) is 84.9 Å². The fourth-order valence-electron chi connectivity index (χ4n) is 2.64. The molecule has 3 rings (SSSR count). The average Bonchev–Trinajstić information content (AvgIpc) is 2.73. The first-order valence-electron chi connectivity index (χ1n) is 8.92. The molecule has 0 saturated heterocycles. The molecule has 5 heteroatoms. The second-order valence-electron chi connectivity index (χ2n) is 6.32. The Morgan fingerprint density at radius 3 is 1.86 bits per heavy atom. The molecular formula is C23H24ClNO3. The van der Waals surface area contributed by atoms with Crippen molar-refractivity contribution in [3.05, 3.63) is 102 Å². The van der Waals surface area contributed by atoms with Crippen molar-refractivity contribution in [2.24, 2.45) is 5.73 Å². The van der Waals surface area contributed by atoms with Gasteiger partial charge in [-0.25, -0.2) is 0 Å². The molecule has 0 radical (unpaired) electrons. The zero-order chi connectivity index (χ0) is 18.9. The molecule has 1 unspecified atom stereocenters. The Kier molecular flexibility index (Phi) is 8.53. The van der Waals surface area contributed by atoms with Crippen LogP contribution in [0.2, 0.25) is 0 Å². The minimum absolute atomic E-state index is 0. The fraction of sp³-hybridized carbons (Fsp3) is 0.174. The molecule has 1 atom stereocenters. The highest BCUT2D eigenvalue weighted by atomic mass is 35.5. The van der Waals surface area contributed by atoms with Gasteiger partial charge in [0, 0.05) is 0 Å². The highest BCUT2D eigenvalue weighted by Gasteiger charge is 2.15. The van der Waals surface area contributed by atoms with Gasteiger partial charge in [0.1, 0.15) is 25.0 Å². The molecule has 3 aromatic rings. The van der Waals surface area contributed by atoms with Crippen LogP contribution in [0.3, 0.4) is 0 Å². The van der Waals surface area contributed by atoms with Gasteiger partial charge in [0.2, 0.25) is 0 Å². The minimum atomic E-state index is -0.690. The third-order valence-corrected chi connectivity index (χ3v) is 4.15. The molecule has 146 valence electrons. The monoisotopic (exact) mass is 397 g/mol. The Morgan fingerprint density at radius 1 is 0.750 bits per heavy atom. The molecular weight excluding hydrogens is 374 g/mol. The topological polar surface area (TPSA) is 61.5 Å².